The Hall–Kier alpha value is -1.27. The number of anilines is 2. The minimum atomic E-state index is -0.521. The highest BCUT2D eigenvalue weighted by Gasteiger charge is 2.09. The number of aliphatic hydroxyl groups excluding tert-OH is 1. The molecule has 4 nitrogen and oxygen atoms in total. The molecule has 0 fully saturated rings. The zero-order valence-corrected chi connectivity index (χ0v) is 10.3. The summed E-state index contributed by atoms with van der Waals surface area (Å²) in [5.74, 6) is -0.678. The standard InChI is InChI=1S/C11H15FN2O2S/c1-7(5-15)17-6-11(16)14-10-4-8(13)2-3-9(10)12/h2-4,7,15H,5-6,13H2,1H3,(H,14,16). The number of halogens is 1. The van der Waals surface area contributed by atoms with Gasteiger partial charge in [-0.05, 0) is 18.2 Å². The Morgan fingerprint density at radius 3 is 3.00 bits per heavy atom. The maximum Gasteiger partial charge on any atom is 0.234 e. The van der Waals surface area contributed by atoms with Crippen LogP contribution < -0.4 is 11.1 Å². The van der Waals surface area contributed by atoms with Crippen LogP contribution >= 0.6 is 11.8 Å². The molecular weight excluding hydrogens is 243 g/mol. The smallest absolute Gasteiger partial charge is 0.234 e. The van der Waals surface area contributed by atoms with E-state index in [9.17, 15) is 9.18 Å². The lowest BCUT2D eigenvalue weighted by Gasteiger charge is -2.09. The number of carbonyl (C=O) groups is 1. The lowest BCUT2D eigenvalue weighted by molar-refractivity contribution is -0.113. The first-order chi connectivity index (χ1) is 8.02. The highest BCUT2D eigenvalue weighted by molar-refractivity contribution is 8.00. The van der Waals surface area contributed by atoms with Crippen molar-refractivity contribution in [2.45, 2.75) is 12.2 Å². The van der Waals surface area contributed by atoms with Gasteiger partial charge in [-0.15, -0.1) is 11.8 Å². The first kappa shape index (κ1) is 13.8. The third-order valence-electron chi connectivity index (χ3n) is 2.02. The lowest BCUT2D eigenvalue weighted by atomic mass is 10.2. The predicted octanol–water partition coefficient (Wildman–Crippen LogP) is 1.46. The van der Waals surface area contributed by atoms with Gasteiger partial charge in [0.15, 0.2) is 0 Å². The molecule has 0 aliphatic heterocycles. The van der Waals surface area contributed by atoms with Crippen molar-refractivity contribution in [3.63, 3.8) is 0 Å². The number of benzene rings is 1. The summed E-state index contributed by atoms with van der Waals surface area (Å²) in [4.78, 5) is 11.5. The number of nitrogen functional groups attached to an aromatic ring is 1. The molecule has 1 unspecified atom stereocenters. The first-order valence-corrected chi connectivity index (χ1v) is 6.15. The molecule has 0 saturated heterocycles. The summed E-state index contributed by atoms with van der Waals surface area (Å²) in [6.45, 7) is 1.81. The highest BCUT2D eigenvalue weighted by atomic mass is 32.2. The van der Waals surface area contributed by atoms with Crippen LogP contribution in [0, 0.1) is 5.82 Å². The number of hydrogen-bond acceptors (Lipinski definition) is 4. The SMILES string of the molecule is CC(CO)SCC(=O)Nc1cc(N)ccc1F. The molecule has 0 aromatic heterocycles. The molecule has 6 heteroatoms. The van der Waals surface area contributed by atoms with Gasteiger partial charge in [-0.1, -0.05) is 6.92 Å². The summed E-state index contributed by atoms with van der Waals surface area (Å²) in [6, 6.07) is 4.00. The summed E-state index contributed by atoms with van der Waals surface area (Å²) in [6.07, 6.45) is 0. The summed E-state index contributed by atoms with van der Waals surface area (Å²) >= 11 is 1.30. The number of amides is 1. The minimum Gasteiger partial charge on any atom is -0.399 e. The number of carbonyl (C=O) groups excluding carboxylic acids is 1. The average molecular weight is 258 g/mol. The van der Waals surface area contributed by atoms with E-state index in [-0.39, 0.29) is 29.2 Å². The molecule has 4 N–H and O–H groups in total. The van der Waals surface area contributed by atoms with Gasteiger partial charge in [0.1, 0.15) is 5.82 Å². The normalized spacial score (nSPS) is 12.2. The van der Waals surface area contributed by atoms with Crippen molar-refractivity contribution in [2.75, 3.05) is 23.4 Å². The van der Waals surface area contributed by atoms with Crippen LogP contribution in [0.5, 0.6) is 0 Å². The molecule has 1 rings (SSSR count). The van der Waals surface area contributed by atoms with Gasteiger partial charge in [-0.3, -0.25) is 4.79 Å². The number of aliphatic hydroxyl groups is 1. The van der Waals surface area contributed by atoms with Crippen molar-refractivity contribution < 1.29 is 14.3 Å². The Morgan fingerprint density at radius 2 is 2.35 bits per heavy atom. The number of nitrogens with two attached hydrogens (primary N) is 1. The molecule has 17 heavy (non-hydrogen) atoms. The Bertz CT molecular complexity index is 401. The van der Waals surface area contributed by atoms with Crippen LogP contribution in [0.3, 0.4) is 0 Å². The van der Waals surface area contributed by atoms with Gasteiger partial charge in [-0.2, -0.15) is 0 Å². The number of thioether (sulfide) groups is 1. The van der Waals surface area contributed by atoms with Crippen molar-refractivity contribution in [1.82, 2.24) is 0 Å². The Morgan fingerprint density at radius 1 is 1.65 bits per heavy atom. The van der Waals surface area contributed by atoms with Crippen LogP contribution in [-0.2, 0) is 4.79 Å². The van der Waals surface area contributed by atoms with E-state index in [1.807, 2.05) is 0 Å². The second kappa shape index (κ2) is 6.46. The van der Waals surface area contributed by atoms with Gasteiger partial charge in [0.05, 0.1) is 18.0 Å². The van der Waals surface area contributed by atoms with Gasteiger partial charge in [0.25, 0.3) is 0 Å². The second-order valence-corrected chi connectivity index (χ2v) is 5.02. The van der Waals surface area contributed by atoms with Gasteiger partial charge in [-0.25, -0.2) is 4.39 Å². The third kappa shape index (κ3) is 4.62. The fourth-order valence-corrected chi connectivity index (χ4v) is 1.71. The van der Waals surface area contributed by atoms with E-state index in [1.54, 1.807) is 6.92 Å². The topological polar surface area (TPSA) is 75.3 Å². The van der Waals surface area contributed by atoms with Crippen LogP contribution in [0.4, 0.5) is 15.8 Å². The monoisotopic (exact) mass is 258 g/mol. The van der Waals surface area contributed by atoms with E-state index in [4.69, 9.17) is 10.8 Å². The van der Waals surface area contributed by atoms with Crippen molar-refractivity contribution in [2.24, 2.45) is 0 Å². The van der Waals surface area contributed by atoms with Crippen molar-refractivity contribution in [3.8, 4) is 0 Å². The minimum absolute atomic E-state index is 0.00456. The van der Waals surface area contributed by atoms with Gasteiger partial charge >= 0.3 is 0 Å². The molecule has 0 aliphatic carbocycles. The first-order valence-electron chi connectivity index (χ1n) is 5.10. The van der Waals surface area contributed by atoms with E-state index in [2.05, 4.69) is 5.32 Å². The second-order valence-electron chi connectivity index (χ2n) is 3.59. The number of nitrogens with one attached hydrogen (secondary N) is 1. The van der Waals surface area contributed by atoms with Gasteiger partial charge < -0.3 is 16.2 Å². The molecule has 1 aromatic carbocycles. The molecule has 1 aromatic rings. The Labute approximate surface area is 103 Å². The van der Waals surface area contributed by atoms with E-state index < -0.39 is 5.82 Å². The quantitative estimate of drug-likeness (QED) is 0.699. The van der Waals surface area contributed by atoms with Crippen molar-refractivity contribution >= 4 is 29.0 Å². The summed E-state index contributed by atoms with van der Waals surface area (Å²) < 4.78 is 13.3. The third-order valence-corrected chi connectivity index (χ3v) is 3.17. The summed E-state index contributed by atoms with van der Waals surface area (Å²) in [7, 11) is 0. The van der Waals surface area contributed by atoms with E-state index in [0.29, 0.717) is 5.69 Å². The zero-order valence-electron chi connectivity index (χ0n) is 9.44. The highest BCUT2D eigenvalue weighted by Crippen LogP contribution is 2.18. The van der Waals surface area contributed by atoms with Gasteiger partial charge in [0, 0.05) is 10.9 Å². The Balaban J connectivity index is 2.53. The molecule has 0 saturated carbocycles. The summed E-state index contributed by atoms with van der Waals surface area (Å²) in [5, 5.41) is 11.2. The fourth-order valence-electron chi connectivity index (χ4n) is 1.10. The molecular formula is C11H15FN2O2S. The molecule has 0 aliphatic rings. The molecule has 94 valence electrons. The van der Waals surface area contributed by atoms with Crippen LogP contribution in [0.25, 0.3) is 0 Å². The largest absolute Gasteiger partial charge is 0.399 e. The van der Waals surface area contributed by atoms with E-state index >= 15 is 0 Å². The number of hydrogen-bond donors (Lipinski definition) is 3. The van der Waals surface area contributed by atoms with Crippen LogP contribution in [0.2, 0.25) is 0 Å². The molecule has 0 bridgehead atoms. The molecule has 1 atom stereocenters. The zero-order chi connectivity index (χ0) is 12.8. The van der Waals surface area contributed by atoms with Crippen molar-refractivity contribution in [3.05, 3.63) is 24.0 Å². The van der Waals surface area contributed by atoms with Crippen molar-refractivity contribution in [1.29, 1.82) is 0 Å². The van der Waals surface area contributed by atoms with Crippen LogP contribution in [0.15, 0.2) is 18.2 Å². The van der Waals surface area contributed by atoms with E-state index in [0.717, 1.165) is 0 Å². The molecule has 0 radical (unpaired) electrons. The fraction of sp³-hybridized carbons (Fsp3) is 0.364. The maximum atomic E-state index is 13.3. The van der Waals surface area contributed by atoms with E-state index in [1.165, 1.54) is 30.0 Å². The maximum absolute atomic E-state index is 13.3. The molecule has 0 heterocycles. The molecule has 0 spiro atoms. The predicted molar refractivity (Wildman–Crippen MR) is 68.4 cm³/mol. The molecule has 1 amide bonds. The van der Waals surface area contributed by atoms with Crippen LogP contribution in [-0.4, -0.2) is 28.6 Å². The summed E-state index contributed by atoms with van der Waals surface area (Å²) in [5.41, 5.74) is 5.95. The average Bonchev–Trinajstić information content (AvgIpc) is 2.30. The lowest BCUT2D eigenvalue weighted by Crippen LogP contribution is -2.17. The number of rotatable bonds is 5. The Kier molecular flexibility index (Phi) is 5.24. The van der Waals surface area contributed by atoms with Gasteiger partial charge in [0.2, 0.25) is 5.91 Å². The van der Waals surface area contributed by atoms with Crippen LogP contribution in [0.1, 0.15) is 6.92 Å².